The van der Waals surface area contributed by atoms with Gasteiger partial charge in [0.05, 0.1) is 10.0 Å². The van der Waals surface area contributed by atoms with E-state index in [0.29, 0.717) is 23.0 Å². The molecule has 0 spiro atoms. The largest absolute Gasteiger partial charge is 0.356 e. The molecule has 1 amide bonds. The average Bonchev–Trinajstić information content (AvgIpc) is 2.24. The van der Waals surface area contributed by atoms with Crippen molar-refractivity contribution >= 4 is 29.1 Å². The fourth-order valence-corrected chi connectivity index (χ4v) is 1.75. The Morgan fingerprint density at radius 1 is 1.31 bits per heavy atom. The van der Waals surface area contributed by atoms with E-state index in [1.54, 1.807) is 6.07 Å². The standard InChI is InChI=1S/C12H15Cl2NO/c1-2-15-12(16)5-3-4-9-6-7-10(13)11(14)8-9/h6-8H,2-5H2,1H3,(H,15,16). The zero-order valence-corrected chi connectivity index (χ0v) is 10.7. The van der Waals surface area contributed by atoms with E-state index in [4.69, 9.17) is 23.2 Å². The van der Waals surface area contributed by atoms with Crippen molar-refractivity contribution in [1.82, 2.24) is 5.32 Å². The average molecular weight is 260 g/mol. The third-order valence-corrected chi connectivity index (χ3v) is 2.97. The molecule has 1 aromatic carbocycles. The summed E-state index contributed by atoms with van der Waals surface area (Å²) in [5.74, 6) is 0.0996. The van der Waals surface area contributed by atoms with Crippen LogP contribution in [0.4, 0.5) is 0 Å². The van der Waals surface area contributed by atoms with Crippen molar-refractivity contribution in [3.63, 3.8) is 0 Å². The molecule has 2 nitrogen and oxygen atoms in total. The van der Waals surface area contributed by atoms with Crippen molar-refractivity contribution in [1.29, 1.82) is 0 Å². The summed E-state index contributed by atoms with van der Waals surface area (Å²) in [6, 6.07) is 5.57. The summed E-state index contributed by atoms with van der Waals surface area (Å²) in [7, 11) is 0. The van der Waals surface area contributed by atoms with Crippen molar-refractivity contribution in [3.05, 3.63) is 33.8 Å². The number of nitrogens with one attached hydrogen (secondary N) is 1. The second-order valence-corrected chi connectivity index (χ2v) is 4.37. The molecule has 0 aromatic heterocycles. The maximum Gasteiger partial charge on any atom is 0.219 e. The highest BCUT2D eigenvalue weighted by Gasteiger charge is 2.02. The third-order valence-electron chi connectivity index (χ3n) is 2.23. The molecule has 0 saturated carbocycles. The highest BCUT2D eigenvalue weighted by atomic mass is 35.5. The first-order chi connectivity index (χ1) is 7.63. The normalized spacial score (nSPS) is 10.2. The smallest absolute Gasteiger partial charge is 0.219 e. The minimum atomic E-state index is 0.0996. The van der Waals surface area contributed by atoms with Crippen molar-refractivity contribution < 1.29 is 4.79 Å². The monoisotopic (exact) mass is 259 g/mol. The van der Waals surface area contributed by atoms with E-state index >= 15 is 0 Å². The van der Waals surface area contributed by atoms with Crippen LogP contribution in [-0.2, 0) is 11.2 Å². The van der Waals surface area contributed by atoms with Crippen molar-refractivity contribution in [2.45, 2.75) is 26.2 Å². The first-order valence-corrected chi connectivity index (χ1v) is 6.09. The highest BCUT2D eigenvalue weighted by Crippen LogP contribution is 2.23. The third kappa shape index (κ3) is 4.42. The molecule has 1 aromatic rings. The highest BCUT2D eigenvalue weighted by molar-refractivity contribution is 6.42. The van der Waals surface area contributed by atoms with Gasteiger partial charge < -0.3 is 5.32 Å². The minimum Gasteiger partial charge on any atom is -0.356 e. The van der Waals surface area contributed by atoms with Crippen molar-refractivity contribution in [3.8, 4) is 0 Å². The van der Waals surface area contributed by atoms with Gasteiger partial charge in [0.15, 0.2) is 0 Å². The zero-order valence-electron chi connectivity index (χ0n) is 9.22. The summed E-state index contributed by atoms with van der Waals surface area (Å²) in [4.78, 5) is 11.2. The molecule has 0 bridgehead atoms. The van der Waals surface area contributed by atoms with E-state index in [9.17, 15) is 4.79 Å². The van der Waals surface area contributed by atoms with Gasteiger partial charge >= 0.3 is 0 Å². The number of amides is 1. The van der Waals surface area contributed by atoms with E-state index in [2.05, 4.69) is 5.32 Å². The molecular weight excluding hydrogens is 245 g/mol. The molecule has 0 aliphatic carbocycles. The Labute approximate surface area is 106 Å². The van der Waals surface area contributed by atoms with E-state index in [0.717, 1.165) is 18.4 Å². The molecule has 0 heterocycles. The number of aryl methyl sites for hydroxylation is 1. The van der Waals surface area contributed by atoms with Crippen LogP contribution in [0.3, 0.4) is 0 Å². The fraction of sp³-hybridized carbons (Fsp3) is 0.417. The van der Waals surface area contributed by atoms with Gasteiger partial charge in [-0.15, -0.1) is 0 Å². The van der Waals surface area contributed by atoms with Crippen molar-refractivity contribution in [2.24, 2.45) is 0 Å². The van der Waals surface area contributed by atoms with Gasteiger partial charge in [0, 0.05) is 13.0 Å². The van der Waals surface area contributed by atoms with Crippen LogP contribution < -0.4 is 5.32 Å². The molecule has 0 atom stereocenters. The summed E-state index contributed by atoms with van der Waals surface area (Å²) >= 11 is 11.7. The van der Waals surface area contributed by atoms with Gasteiger partial charge in [-0.3, -0.25) is 4.79 Å². The van der Waals surface area contributed by atoms with Crippen LogP contribution >= 0.6 is 23.2 Å². The Bertz CT molecular complexity index is 366. The van der Waals surface area contributed by atoms with Crippen LogP contribution in [-0.4, -0.2) is 12.5 Å². The summed E-state index contributed by atoms with van der Waals surface area (Å²) < 4.78 is 0. The van der Waals surface area contributed by atoms with Crippen LogP contribution in [0, 0.1) is 0 Å². The van der Waals surface area contributed by atoms with Gasteiger partial charge in [-0.25, -0.2) is 0 Å². The van der Waals surface area contributed by atoms with E-state index in [1.165, 1.54) is 0 Å². The van der Waals surface area contributed by atoms with Crippen LogP contribution in [0.5, 0.6) is 0 Å². The predicted molar refractivity (Wildman–Crippen MR) is 68.1 cm³/mol. The number of carbonyl (C=O) groups is 1. The SMILES string of the molecule is CCNC(=O)CCCc1ccc(Cl)c(Cl)c1. The summed E-state index contributed by atoms with van der Waals surface area (Å²) in [6.45, 7) is 2.60. The van der Waals surface area contributed by atoms with Crippen LogP contribution in [0.2, 0.25) is 10.0 Å². The number of hydrogen-bond donors (Lipinski definition) is 1. The van der Waals surface area contributed by atoms with Crippen molar-refractivity contribution in [2.75, 3.05) is 6.54 Å². The maximum atomic E-state index is 11.2. The lowest BCUT2D eigenvalue weighted by Crippen LogP contribution is -2.22. The molecule has 16 heavy (non-hydrogen) atoms. The quantitative estimate of drug-likeness (QED) is 0.863. The molecule has 4 heteroatoms. The lowest BCUT2D eigenvalue weighted by atomic mass is 10.1. The number of rotatable bonds is 5. The molecule has 1 rings (SSSR count). The van der Waals surface area contributed by atoms with E-state index in [-0.39, 0.29) is 5.91 Å². The first kappa shape index (κ1) is 13.3. The Morgan fingerprint density at radius 2 is 2.06 bits per heavy atom. The predicted octanol–water partition coefficient (Wildman–Crippen LogP) is 3.45. The molecule has 0 unspecified atom stereocenters. The van der Waals surface area contributed by atoms with Gasteiger partial charge in [0.1, 0.15) is 0 Å². The molecule has 0 fully saturated rings. The fourth-order valence-electron chi connectivity index (χ4n) is 1.43. The molecule has 0 radical (unpaired) electrons. The molecule has 0 saturated heterocycles. The summed E-state index contributed by atoms with van der Waals surface area (Å²) in [6.07, 6.45) is 2.21. The Hall–Kier alpha value is -0.730. The number of halogens is 2. The number of carbonyl (C=O) groups excluding carboxylic acids is 1. The minimum absolute atomic E-state index is 0.0996. The van der Waals surface area contributed by atoms with Gasteiger partial charge in [-0.05, 0) is 37.5 Å². The van der Waals surface area contributed by atoms with Gasteiger partial charge in [-0.2, -0.15) is 0 Å². The van der Waals surface area contributed by atoms with Gasteiger partial charge in [-0.1, -0.05) is 29.3 Å². The lowest BCUT2D eigenvalue weighted by Gasteiger charge is -2.04. The second-order valence-electron chi connectivity index (χ2n) is 3.56. The Balaban J connectivity index is 2.37. The maximum absolute atomic E-state index is 11.2. The molecule has 88 valence electrons. The van der Waals surface area contributed by atoms with Crippen LogP contribution in [0.15, 0.2) is 18.2 Å². The molecule has 0 aliphatic heterocycles. The zero-order chi connectivity index (χ0) is 12.0. The van der Waals surface area contributed by atoms with E-state index < -0.39 is 0 Å². The molecule has 0 aliphatic rings. The van der Waals surface area contributed by atoms with Gasteiger partial charge in [0.2, 0.25) is 5.91 Å². The number of benzene rings is 1. The van der Waals surface area contributed by atoms with Crippen LogP contribution in [0.1, 0.15) is 25.3 Å². The first-order valence-electron chi connectivity index (χ1n) is 5.34. The second kappa shape index (κ2) is 6.77. The molecule has 1 N–H and O–H groups in total. The number of hydrogen-bond acceptors (Lipinski definition) is 1. The summed E-state index contributed by atoms with van der Waals surface area (Å²) in [5.41, 5.74) is 1.11. The van der Waals surface area contributed by atoms with Gasteiger partial charge in [0.25, 0.3) is 0 Å². The van der Waals surface area contributed by atoms with Crippen LogP contribution in [0.25, 0.3) is 0 Å². The Morgan fingerprint density at radius 3 is 2.69 bits per heavy atom. The Kier molecular flexibility index (Phi) is 5.64. The lowest BCUT2D eigenvalue weighted by molar-refractivity contribution is -0.121. The summed E-state index contributed by atoms with van der Waals surface area (Å²) in [5, 5.41) is 3.90. The topological polar surface area (TPSA) is 29.1 Å². The van der Waals surface area contributed by atoms with E-state index in [1.807, 2.05) is 19.1 Å². The molecular formula is C12H15Cl2NO.